The highest BCUT2D eigenvalue weighted by molar-refractivity contribution is 7.92. The second-order valence-corrected chi connectivity index (χ2v) is 5.83. The van der Waals surface area contributed by atoms with E-state index in [1.807, 2.05) is 0 Å². The molecule has 0 atom stereocenters. The van der Waals surface area contributed by atoms with Crippen LogP contribution in [0.15, 0.2) is 35.5 Å². The van der Waals surface area contributed by atoms with E-state index in [0.29, 0.717) is 6.07 Å². The number of benzene rings is 1. The second kappa shape index (κ2) is 5.02. The molecule has 0 radical (unpaired) electrons. The van der Waals surface area contributed by atoms with Gasteiger partial charge in [-0.2, -0.15) is 18.3 Å². The van der Waals surface area contributed by atoms with Gasteiger partial charge in [-0.3, -0.25) is 9.40 Å². The zero-order valence-corrected chi connectivity index (χ0v) is 11.3. The van der Waals surface area contributed by atoms with Gasteiger partial charge in [0.25, 0.3) is 10.0 Å². The van der Waals surface area contributed by atoms with Gasteiger partial charge >= 0.3 is 6.18 Å². The summed E-state index contributed by atoms with van der Waals surface area (Å²) in [6.45, 7) is 0. The van der Waals surface area contributed by atoms with Crippen LogP contribution in [-0.2, 0) is 23.2 Å². The molecule has 1 aromatic carbocycles. The molecule has 21 heavy (non-hydrogen) atoms. The van der Waals surface area contributed by atoms with E-state index in [0.717, 1.165) is 6.07 Å². The van der Waals surface area contributed by atoms with Crippen molar-refractivity contribution >= 4 is 15.7 Å². The van der Waals surface area contributed by atoms with E-state index in [-0.39, 0.29) is 11.8 Å². The first-order valence-corrected chi connectivity index (χ1v) is 6.96. The molecule has 0 amide bonds. The van der Waals surface area contributed by atoms with Gasteiger partial charge in [-0.05, 0) is 18.2 Å². The van der Waals surface area contributed by atoms with Crippen LogP contribution in [0.3, 0.4) is 0 Å². The van der Waals surface area contributed by atoms with Crippen LogP contribution in [0.25, 0.3) is 0 Å². The lowest BCUT2D eigenvalue weighted by Crippen LogP contribution is -2.15. The van der Waals surface area contributed by atoms with Gasteiger partial charge in [0.1, 0.15) is 5.82 Å². The van der Waals surface area contributed by atoms with Gasteiger partial charge in [0, 0.05) is 13.2 Å². The minimum absolute atomic E-state index is 0.0791. The van der Waals surface area contributed by atoms with Crippen LogP contribution in [0.4, 0.5) is 23.2 Å². The van der Waals surface area contributed by atoms with Gasteiger partial charge in [0.2, 0.25) is 0 Å². The highest BCUT2D eigenvalue weighted by atomic mass is 32.2. The molecule has 0 saturated carbocycles. The average molecular weight is 323 g/mol. The summed E-state index contributed by atoms with van der Waals surface area (Å²) >= 11 is 0. The van der Waals surface area contributed by atoms with Crippen molar-refractivity contribution in [2.24, 2.45) is 7.05 Å². The third kappa shape index (κ3) is 3.32. The predicted octanol–water partition coefficient (Wildman–Crippen LogP) is 2.38. The molecule has 5 nitrogen and oxygen atoms in total. The Morgan fingerprint density at radius 1 is 1.29 bits per heavy atom. The van der Waals surface area contributed by atoms with Crippen molar-refractivity contribution in [2.75, 3.05) is 4.72 Å². The van der Waals surface area contributed by atoms with E-state index in [2.05, 4.69) is 9.82 Å². The quantitative estimate of drug-likeness (QED) is 0.882. The van der Waals surface area contributed by atoms with Crippen LogP contribution in [0.2, 0.25) is 0 Å². The summed E-state index contributed by atoms with van der Waals surface area (Å²) in [7, 11) is -2.73. The number of hydrogen-bond donors (Lipinski definition) is 1. The van der Waals surface area contributed by atoms with Crippen LogP contribution in [0.5, 0.6) is 0 Å². The number of aromatic nitrogens is 2. The number of sulfonamides is 1. The summed E-state index contributed by atoms with van der Waals surface area (Å²) < 4.78 is 78.2. The monoisotopic (exact) mass is 323 g/mol. The fourth-order valence-corrected chi connectivity index (χ4v) is 2.63. The topological polar surface area (TPSA) is 64.0 Å². The first-order valence-electron chi connectivity index (χ1n) is 5.48. The molecule has 0 fully saturated rings. The van der Waals surface area contributed by atoms with Gasteiger partial charge in [-0.15, -0.1) is 0 Å². The molecule has 0 bridgehead atoms. The first-order chi connectivity index (χ1) is 9.59. The Balaban J connectivity index is 2.41. The average Bonchev–Trinajstić information content (AvgIpc) is 2.72. The van der Waals surface area contributed by atoms with Crippen LogP contribution in [0, 0.1) is 5.82 Å². The van der Waals surface area contributed by atoms with Crippen LogP contribution < -0.4 is 4.72 Å². The highest BCUT2D eigenvalue weighted by Crippen LogP contribution is 2.33. The Bertz CT molecular complexity index is 768. The van der Waals surface area contributed by atoms with Crippen molar-refractivity contribution in [1.82, 2.24) is 9.78 Å². The largest absolute Gasteiger partial charge is 0.419 e. The van der Waals surface area contributed by atoms with E-state index >= 15 is 0 Å². The molecular formula is C11H9F4N3O2S. The zero-order valence-electron chi connectivity index (χ0n) is 10.5. The molecule has 2 aromatic rings. The van der Waals surface area contributed by atoms with Crippen LogP contribution >= 0.6 is 0 Å². The smallest absolute Gasteiger partial charge is 0.276 e. The fraction of sp³-hybridized carbons (Fsp3) is 0.182. The third-order valence-corrected chi connectivity index (χ3v) is 3.89. The van der Waals surface area contributed by atoms with E-state index < -0.39 is 32.5 Å². The molecular weight excluding hydrogens is 314 g/mol. The maximum Gasteiger partial charge on any atom is 0.419 e. The Morgan fingerprint density at radius 3 is 2.48 bits per heavy atom. The number of halogens is 4. The van der Waals surface area contributed by atoms with Crippen molar-refractivity contribution < 1.29 is 26.0 Å². The maximum absolute atomic E-state index is 13.1. The molecule has 0 aliphatic rings. The molecule has 0 unspecified atom stereocenters. The first kappa shape index (κ1) is 15.3. The van der Waals surface area contributed by atoms with Crippen LogP contribution in [-0.4, -0.2) is 18.2 Å². The van der Waals surface area contributed by atoms with Gasteiger partial charge in [-0.1, -0.05) is 0 Å². The minimum atomic E-state index is -4.98. The summed E-state index contributed by atoms with van der Waals surface area (Å²) in [5, 5.41) is 3.72. The van der Waals surface area contributed by atoms with Crippen molar-refractivity contribution in [3.8, 4) is 0 Å². The van der Waals surface area contributed by atoms with Crippen LogP contribution in [0.1, 0.15) is 5.56 Å². The van der Waals surface area contributed by atoms with E-state index in [9.17, 15) is 26.0 Å². The van der Waals surface area contributed by atoms with Gasteiger partial charge in [-0.25, -0.2) is 12.8 Å². The molecule has 0 saturated heterocycles. The lowest BCUT2D eigenvalue weighted by atomic mass is 10.2. The molecule has 2 rings (SSSR count). The molecule has 0 aliphatic heterocycles. The Kier molecular flexibility index (Phi) is 3.66. The molecule has 1 aromatic heterocycles. The van der Waals surface area contributed by atoms with Gasteiger partial charge < -0.3 is 0 Å². The predicted molar refractivity (Wildman–Crippen MR) is 65.4 cm³/mol. The maximum atomic E-state index is 13.1. The minimum Gasteiger partial charge on any atom is -0.276 e. The molecule has 0 aliphatic carbocycles. The fourth-order valence-electron chi connectivity index (χ4n) is 1.58. The lowest BCUT2D eigenvalue weighted by Gasteiger charge is -2.11. The Morgan fingerprint density at radius 2 is 1.95 bits per heavy atom. The number of alkyl halides is 3. The number of nitrogens with one attached hydrogen (secondary N) is 1. The Hall–Kier alpha value is -2.10. The summed E-state index contributed by atoms with van der Waals surface area (Å²) in [6, 6.07) is 1.46. The SMILES string of the molecule is Cn1cc(NS(=O)(=O)c2ccc(F)c(C(F)(F)F)c2)cn1. The molecule has 114 valence electrons. The second-order valence-electron chi connectivity index (χ2n) is 4.15. The standard InChI is InChI=1S/C11H9F4N3O2S/c1-18-6-7(5-16-18)17-21(19,20)8-2-3-10(12)9(4-8)11(13,14)15/h2-6,17H,1H3. The number of hydrogen-bond acceptors (Lipinski definition) is 3. The summed E-state index contributed by atoms with van der Waals surface area (Å²) in [5.74, 6) is -1.54. The summed E-state index contributed by atoms with van der Waals surface area (Å²) in [5.41, 5.74) is -1.56. The van der Waals surface area contributed by atoms with Crippen molar-refractivity contribution in [3.05, 3.63) is 42.0 Å². The molecule has 1 heterocycles. The number of nitrogens with zero attached hydrogens (tertiary/aromatic N) is 2. The third-order valence-electron chi connectivity index (χ3n) is 2.51. The lowest BCUT2D eigenvalue weighted by molar-refractivity contribution is -0.140. The normalized spacial score (nSPS) is 12.4. The van der Waals surface area contributed by atoms with E-state index in [1.165, 1.54) is 24.1 Å². The van der Waals surface area contributed by atoms with Gasteiger partial charge in [0.15, 0.2) is 0 Å². The van der Waals surface area contributed by atoms with Crippen molar-refractivity contribution in [2.45, 2.75) is 11.1 Å². The highest BCUT2D eigenvalue weighted by Gasteiger charge is 2.35. The van der Waals surface area contributed by atoms with Crippen molar-refractivity contribution in [3.63, 3.8) is 0 Å². The molecule has 1 N–H and O–H groups in total. The van der Waals surface area contributed by atoms with Crippen molar-refractivity contribution in [1.29, 1.82) is 0 Å². The zero-order chi connectivity index (χ0) is 15.8. The summed E-state index contributed by atoms with van der Waals surface area (Å²) in [6.07, 6.45) is -2.47. The summed E-state index contributed by atoms with van der Waals surface area (Å²) in [4.78, 5) is -0.694. The van der Waals surface area contributed by atoms with E-state index in [4.69, 9.17) is 0 Å². The number of aryl methyl sites for hydroxylation is 1. The Labute approximate surface area is 117 Å². The molecule has 0 spiro atoms. The number of anilines is 1. The number of rotatable bonds is 3. The van der Waals surface area contributed by atoms with E-state index in [1.54, 1.807) is 0 Å². The van der Waals surface area contributed by atoms with Gasteiger partial charge in [0.05, 0.1) is 22.3 Å². The molecule has 10 heteroatoms.